The molecule has 0 spiro atoms. The molecule has 0 amide bonds. The van der Waals surface area contributed by atoms with Crippen LogP contribution in [0.25, 0.3) is 27.1 Å². The molecule has 4 rings (SSSR count). The zero-order valence-electron chi connectivity index (χ0n) is 10.6. The van der Waals surface area contributed by atoms with Crippen LogP contribution in [0.2, 0.25) is 0 Å². The summed E-state index contributed by atoms with van der Waals surface area (Å²) in [5.41, 5.74) is 2.83. The van der Waals surface area contributed by atoms with Gasteiger partial charge in [-0.25, -0.2) is 0 Å². The quantitative estimate of drug-likeness (QED) is 0.505. The highest BCUT2D eigenvalue weighted by Gasteiger charge is 2.11. The maximum atomic E-state index is 2.29. The van der Waals surface area contributed by atoms with Gasteiger partial charge < -0.3 is 0 Å². The number of allylic oxidation sites excluding steroid dienone is 4. The van der Waals surface area contributed by atoms with Crippen LogP contribution < -0.4 is 0 Å². The Bertz CT molecular complexity index is 781. The van der Waals surface area contributed by atoms with Crippen molar-refractivity contribution in [2.75, 3.05) is 0 Å². The van der Waals surface area contributed by atoms with E-state index in [9.17, 15) is 0 Å². The zero-order chi connectivity index (χ0) is 12.7. The maximum Gasteiger partial charge on any atom is -0.00641 e. The molecule has 0 aliphatic heterocycles. The molecule has 0 nitrogen and oxygen atoms in total. The van der Waals surface area contributed by atoms with Crippen LogP contribution in [-0.2, 0) is 0 Å². The third-order valence-electron chi connectivity index (χ3n) is 3.86. The van der Waals surface area contributed by atoms with Crippen molar-refractivity contribution < 1.29 is 0 Å². The SMILES string of the molecule is C1=CCC(c2c3ccccc3cc3ccccc23)=C1. The van der Waals surface area contributed by atoms with Crippen molar-refractivity contribution in [2.45, 2.75) is 6.42 Å². The zero-order valence-corrected chi connectivity index (χ0v) is 10.6. The smallest absolute Gasteiger partial charge is 0.00641 e. The van der Waals surface area contributed by atoms with Crippen molar-refractivity contribution in [3.05, 3.63) is 78.4 Å². The molecule has 0 saturated heterocycles. The Labute approximate surface area is 112 Å². The second-order valence-corrected chi connectivity index (χ2v) is 5.02. The lowest BCUT2D eigenvalue weighted by Gasteiger charge is -2.12. The van der Waals surface area contributed by atoms with Crippen LogP contribution >= 0.6 is 0 Å². The summed E-state index contributed by atoms with van der Waals surface area (Å²) < 4.78 is 0. The number of benzene rings is 3. The Morgan fingerprint density at radius 1 is 0.737 bits per heavy atom. The maximum absolute atomic E-state index is 2.29. The molecule has 0 unspecified atom stereocenters. The minimum atomic E-state index is 1.04. The molecule has 0 aromatic heterocycles. The van der Waals surface area contributed by atoms with E-state index in [4.69, 9.17) is 0 Å². The molecule has 0 heterocycles. The first-order chi connectivity index (χ1) is 9.43. The molecule has 1 aliphatic carbocycles. The van der Waals surface area contributed by atoms with Crippen molar-refractivity contribution >= 4 is 27.1 Å². The molecule has 3 aromatic rings. The third kappa shape index (κ3) is 1.61. The monoisotopic (exact) mass is 242 g/mol. The van der Waals surface area contributed by atoms with E-state index < -0.39 is 0 Å². The molecular formula is C19H14. The van der Waals surface area contributed by atoms with Gasteiger partial charge in [0.15, 0.2) is 0 Å². The van der Waals surface area contributed by atoms with Gasteiger partial charge in [-0.2, -0.15) is 0 Å². The van der Waals surface area contributed by atoms with E-state index in [1.54, 1.807) is 0 Å². The molecule has 0 bridgehead atoms. The Hall–Kier alpha value is -2.34. The van der Waals surface area contributed by atoms with Crippen molar-refractivity contribution in [1.82, 2.24) is 0 Å². The molecule has 3 aromatic carbocycles. The van der Waals surface area contributed by atoms with E-state index in [0.29, 0.717) is 0 Å². The van der Waals surface area contributed by atoms with E-state index in [-0.39, 0.29) is 0 Å². The summed E-state index contributed by atoms with van der Waals surface area (Å²) in [6, 6.07) is 19.6. The predicted octanol–water partition coefficient (Wildman–Crippen LogP) is 5.34. The highest BCUT2D eigenvalue weighted by Crippen LogP contribution is 2.36. The third-order valence-corrected chi connectivity index (χ3v) is 3.86. The van der Waals surface area contributed by atoms with Gasteiger partial charge in [0.2, 0.25) is 0 Å². The number of hydrogen-bond acceptors (Lipinski definition) is 0. The minimum absolute atomic E-state index is 1.04. The molecule has 0 fully saturated rings. The molecule has 0 radical (unpaired) electrons. The molecule has 0 saturated carbocycles. The molecule has 0 atom stereocenters. The molecule has 90 valence electrons. The Morgan fingerprint density at radius 2 is 1.37 bits per heavy atom. The number of fused-ring (bicyclic) bond motifs is 2. The van der Waals surface area contributed by atoms with Gasteiger partial charge in [0.25, 0.3) is 0 Å². The summed E-state index contributed by atoms with van der Waals surface area (Å²) >= 11 is 0. The van der Waals surface area contributed by atoms with Crippen LogP contribution in [0.3, 0.4) is 0 Å². The summed E-state index contributed by atoms with van der Waals surface area (Å²) in [5, 5.41) is 5.36. The van der Waals surface area contributed by atoms with Crippen LogP contribution in [0.5, 0.6) is 0 Å². The number of rotatable bonds is 1. The molecule has 19 heavy (non-hydrogen) atoms. The van der Waals surface area contributed by atoms with Gasteiger partial charge >= 0.3 is 0 Å². The molecule has 1 aliphatic rings. The first kappa shape index (κ1) is 10.6. The van der Waals surface area contributed by atoms with Gasteiger partial charge in [-0.15, -0.1) is 0 Å². The highest BCUT2D eigenvalue weighted by molar-refractivity contribution is 6.09. The molecule has 0 N–H and O–H groups in total. The second kappa shape index (κ2) is 4.10. The summed E-state index contributed by atoms with van der Waals surface area (Å²) in [7, 11) is 0. The van der Waals surface area contributed by atoms with Crippen LogP contribution in [0, 0.1) is 0 Å². The fraction of sp³-hybridized carbons (Fsp3) is 0.0526. The summed E-state index contributed by atoms with van der Waals surface area (Å²) in [5.74, 6) is 0. The van der Waals surface area contributed by atoms with E-state index in [0.717, 1.165) is 6.42 Å². The lowest BCUT2D eigenvalue weighted by Crippen LogP contribution is -1.88. The summed E-state index contributed by atoms with van der Waals surface area (Å²) in [6.45, 7) is 0. The van der Waals surface area contributed by atoms with E-state index in [2.05, 4.69) is 72.8 Å². The summed E-state index contributed by atoms with van der Waals surface area (Å²) in [4.78, 5) is 0. The van der Waals surface area contributed by atoms with Gasteiger partial charge in [0, 0.05) is 0 Å². The molecule has 0 heteroatoms. The Kier molecular flexibility index (Phi) is 2.28. The second-order valence-electron chi connectivity index (χ2n) is 5.02. The lowest BCUT2D eigenvalue weighted by atomic mass is 9.91. The first-order valence-corrected chi connectivity index (χ1v) is 6.70. The average Bonchev–Trinajstić information content (AvgIpc) is 2.98. The van der Waals surface area contributed by atoms with Crippen molar-refractivity contribution in [3.8, 4) is 0 Å². The van der Waals surface area contributed by atoms with Gasteiger partial charge in [0.05, 0.1) is 0 Å². The van der Waals surface area contributed by atoms with Crippen molar-refractivity contribution in [3.63, 3.8) is 0 Å². The summed E-state index contributed by atoms with van der Waals surface area (Å²) in [6.07, 6.45) is 7.67. The topological polar surface area (TPSA) is 0 Å². The van der Waals surface area contributed by atoms with E-state index in [1.165, 1.54) is 32.7 Å². The highest BCUT2D eigenvalue weighted by atomic mass is 14.2. The van der Waals surface area contributed by atoms with E-state index in [1.807, 2.05) is 0 Å². The van der Waals surface area contributed by atoms with E-state index >= 15 is 0 Å². The average molecular weight is 242 g/mol. The van der Waals surface area contributed by atoms with Crippen LogP contribution in [-0.4, -0.2) is 0 Å². The Balaban J connectivity index is 2.20. The van der Waals surface area contributed by atoms with Crippen LogP contribution in [0.4, 0.5) is 0 Å². The first-order valence-electron chi connectivity index (χ1n) is 6.70. The van der Waals surface area contributed by atoms with Crippen LogP contribution in [0.15, 0.2) is 72.8 Å². The van der Waals surface area contributed by atoms with Gasteiger partial charge in [-0.05, 0) is 45.2 Å². The minimum Gasteiger partial charge on any atom is -0.0801 e. The van der Waals surface area contributed by atoms with Gasteiger partial charge in [-0.3, -0.25) is 0 Å². The van der Waals surface area contributed by atoms with Gasteiger partial charge in [0.1, 0.15) is 0 Å². The fourth-order valence-corrected chi connectivity index (χ4v) is 2.99. The largest absolute Gasteiger partial charge is 0.0801 e. The number of hydrogen-bond donors (Lipinski definition) is 0. The lowest BCUT2D eigenvalue weighted by molar-refractivity contribution is 1.46. The fourth-order valence-electron chi connectivity index (χ4n) is 2.99. The normalized spacial score (nSPS) is 14.2. The molecular weight excluding hydrogens is 228 g/mol. The predicted molar refractivity (Wildman–Crippen MR) is 83.2 cm³/mol. The van der Waals surface area contributed by atoms with Crippen LogP contribution in [0.1, 0.15) is 12.0 Å². The standard InChI is InChI=1S/C19H14/c1-2-8-14(7-1)19-17-11-5-3-9-15(17)13-16-10-4-6-12-18(16)19/h1-7,9-13H,8H2. The van der Waals surface area contributed by atoms with Crippen molar-refractivity contribution in [1.29, 1.82) is 0 Å². The van der Waals surface area contributed by atoms with Crippen molar-refractivity contribution in [2.24, 2.45) is 0 Å². The van der Waals surface area contributed by atoms with Gasteiger partial charge in [-0.1, -0.05) is 66.8 Å². The Morgan fingerprint density at radius 3 is 1.95 bits per heavy atom.